The van der Waals surface area contributed by atoms with Gasteiger partial charge in [-0.15, -0.1) is 0 Å². The predicted octanol–water partition coefficient (Wildman–Crippen LogP) is 1.45. The number of nitrogens with one attached hydrogen (secondary N) is 3. The normalized spacial score (nSPS) is 12.4. The summed E-state index contributed by atoms with van der Waals surface area (Å²) in [6.07, 6.45) is -0.0260. The van der Waals surface area contributed by atoms with E-state index in [1.165, 1.54) is 6.92 Å². The van der Waals surface area contributed by atoms with Crippen molar-refractivity contribution < 1.29 is 9.53 Å². The number of hydrogen-bond acceptors (Lipinski definition) is 3. The molecule has 0 spiro atoms. The third kappa shape index (κ3) is 8.09. The van der Waals surface area contributed by atoms with Gasteiger partial charge in [-0.1, -0.05) is 18.2 Å². The molecule has 1 unspecified atom stereocenters. The maximum atomic E-state index is 10.8. The molecule has 1 aromatic rings. The average Bonchev–Trinajstić information content (AvgIpc) is 2.51. The van der Waals surface area contributed by atoms with Crippen molar-refractivity contribution in [2.24, 2.45) is 4.99 Å². The fourth-order valence-electron chi connectivity index (χ4n) is 1.92. The minimum Gasteiger partial charge on any atom is -0.489 e. The van der Waals surface area contributed by atoms with E-state index in [1.807, 2.05) is 45.0 Å². The summed E-state index contributed by atoms with van der Waals surface area (Å²) >= 11 is 0. The molecule has 6 heteroatoms. The van der Waals surface area contributed by atoms with Gasteiger partial charge >= 0.3 is 0 Å². The summed E-state index contributed by atoms with van der Waals surface area (Å²) in [7, 11) is 0. The van der Waals surface area contributed by atoms with Crippen LogP contribution >= 0.6 is 0 Å². The molecule has 0 aliphatic rings. The molecule has 0 heterocycles. The van der Waals surface area contributed by atoms with E-state index in [-0.39, 0.29) is 12.0 Å². The molecule has 0 aromatic heterocycles. The van der Waals surface area contributed by atoms with E-state index in [0.29, 0.717) is 19.6 Å². The zero-order valence-electron chi connectivity index (χ0n) is 14.5. The van der Waals surface area contributed by atoms with Crippen LogP contribution in [0.3, 0.4) is 0 Å². The van der Waals surface area contributed by atoms with Crippen molar-refractivity contribution in [1.82, 2.24) is 16.0 Å². The van der Waals surface area contributed by atoms with Crippen LogP contribution in [-0.2, 0) is 4.79 Å². The van der Waals surface area contributed by atoms with Gasteiger partial charge in [-0.05, 0) is 32.4 Å². The van der Waals surface area contributed by atoms with Gasteiger partial charge in [-0.25, -0.2) is 4.99 Å². The lowest BCUT2D eigenvalue weighted by Gasteiger charge is -2.16. The van der Waals surface area contributed by atoms with Crippen LogP contribution in [0, 0.1) is 6.92 Å². The molecule has 6 nitrogen and oxygen atoms in total. The number of carbonyl (C=O) groups is 1. The SMILES string of the molecule is CCNC(=NCC(C)Oc1ccccc1C)NCCNC(C)=O. The number of guanidine groups is 1. The van der Waals surface area contributed by atoms with Crippen LogP contribution in [0.1, 0.15) is 26.3 Å². The fourth-order valence-corrected chi connectivity index (χ4v) is 1.92. The summed E-state index contributed by atoms with van der Waals surface area (Å²) in [4.78, 5) is 15.3. The van der Waals surface area contributed by atoms with Crippen LogP contribution in [0.15, 0.2) is 29.3 Å². The Bertz CT molecular complexity index is 517. The summed E-state index contributed by atoms with van der Waals surface area (Å²) in [5, 5.41) is 9.09. The Morgan fingerprint density at radius 1 is 1.22 bits per heavy atom. The number of aliphatic imine (C=N–C) groups is 1. The van der Waals surface area contributed by atoms with Crippen molar-refractivity contribution in [3.8, 4) is 5.75 Å². The number of ether oxygens (including phenoxy) is 1. The molecule has 128 valence electrons. The second-order valence-electron chi connectivity index (χ2n) is 5.32. The molecule has 0 radical (unpaired) electrons. The van der Waals surface area contributed by atoms with Crippen molar-refractivity contribution in [2.45, 2.75) is 33.8 Å². The first-order valence-corrected chi connectivity index (χ1v) is 8.01. The highest BCUT2D eigenvalue weighted by atomic mass is 16.5. The molecule has 1 atom stereocenters. The third-order valence-corrected chi connectivity index (χ3v) is 3.06. The number of rotatable bonds is 8. The Hall–Kier alpha value is -2.24. The lowest BCUT2D eigenvalue weighted by atomic mass is 10.2. The maximum Gasteiger partial charge on any atom is 0.216 e. The van der Waals surface area contributed by atoms with Gasteiger partial charge in [0.15, 0.2) is 5.96 Å². The van der Waals surface area contributed by atoms with Gasteiger partial charge in [-0.3, -0.25) is 4.79 Å². The summed E-state index contributed by atoms with van der Waals surface area (Å²) in [6.45, 7) is 10.0. The van der Waals surface area contributed by atoms with Crippen LogP contribution in [0.2, 0.25) is 0 Å². The fraction of sp³-hybridized carbons (Fsp3) is 0.529. The van der Waals surface area contributed by atoms with E-state index >= 15 is 0 Å². The first-order chi connectivity index (χ1) is 11.0. The van der Waals surface area contributed by atoms with Gasteiger partial charge < -0.3 is 20.7 Å². The molecule has 1 rings (SSSR count). The molecule has 23 heavy (non-hydrogen) atoms. The van der Waals surface area contributed by atoms with Gasteiger partial charge in [0.05, 0.1) is 6.54 Å². The Balaban J connectivity index is 2.45. The monoisotopic (exact) mass is 320 g/mol. The third-order valence-electron chi connectivity index (χ3n) is 3.06. The number of nitrogens with zero attached hydrogens (tertiary/aromatic N) is 1. The van der Waals surface area contributed by atoms with E-state index in [1.54, 1.807) is 0 Å². The zero-order chi connectivity index (χ0) is 17.1. The van der Waals surface area contributed by atoms with Crippen molar-refractivity contribution in [1.29, 1.82) is 0 Å². The highest BCUT2D eigenvalue weighted by Crippen LogP contribution is 2.17. The molecular formula is C17H28N4O2. The number of para-hydroxylation sites is 1. The largest absolute Gasteiger partial charge is 0.489 e. The van der Waals surface area contributed by atoms with Crippen molar-refractivity contribution in [3.05, 3.63) is 29.8 Å². The lowest BCUT2D eigenvalue weighted by molar-refractivity contribution is -0.118. The first kappa shape index (κ1) is 18.8. The van der Waals surface area contributed by atoms with E-state index in [0.717, 1.165) is 23.8 Å². The van der Waals surface area contributed by atoms with Crippen molar-refractivity contribution in [2.75, 3.05) is 26.2 Å². The van der Waals surface area contributed by atoms with E-state index in [4.69, 9.17) is 4.74 Å². The van der Waals surface area contributed by atoms with Crippen LogP contribution in [0.4, 0.5) is 0 Å². The second kappa shape index (κ2) is 10.5. The van der Waals surface area contributed by atoms with Crippen LogP contribution in [0.25, 0.3) is 0 Å². The standard InChI is InChI=1S/C17H28N4O2/c1-5-18-17(20-11-10-19-15(4)22)21-12-14(3)23-16-9-7-6-8-13(16)2/h6-9,14H,5,10-12H2,1-4H3,(H,19,22)(H2,18,20,21). The molecule has 0 fully saturated rings. The second-order valence-corrected chi connectivity index (χ2v) is 5.32. The van der Waals surface area contributed by atoms with Gasteiger partial charge in [0.1, 0.15) is 11.9 Å². The van der Waals surface area contributed by atoms with Crippen LogP contribution in [-0.4, -0.2) is 44.1 Å². The number of hydrogen-bond donors (Lipinski definition) is 3. The Morgan fingerprint density at radius 2 is 1.91 bits per heavy atom. The molecular weight excluding hydrogens is 292 g/mol. The predicted molar refractivity (Wildman–Crippen MR) is 93.9 cm³/mol. The minimum absolute atomic E-state index is 0.0260. The number of amides is 1. The first-order valence-electron chi connectivity index (χ1n) is 8.01. The molecule has 3 N–H and O–H groups in total. The van der Waals surface area contributed by atoms with Crippen molar-refractivity contribution >= 4 is 11.9 Å². The highest BCUT2D eigenvalue weighted by molar-refractivity contribution is 5.79. The number of aryl methyl sites for hydroxylation is 1. The van der Waals surface area contributed by atoms with Gasteiger partial charge in [0, 0.05) is 26.6 Å². The molecule has 1 aromatic carbocycles. The van der Waals surface area contributed by atoms with Gasteiger partial charge in [0.25, 0.3) is 0 Å². The summed E-state index contributed by atoms with van der Waals surface area (Å²) in [5.74, 6) is 1.57. The topological polar surface area (TPSA) is 74.8 Å². The maximum absolute atomic E-state index is 10.8. The average molecular weight is 320 g/mol. The summed E-state index contributed by atoms with van der Waals surface area (Å²) in [6, 6.07) is 7.95. The zero-order valence-corrected chi connectivity index (χ0v) is 14.5. The summed E-state index contributed by atoms with van der Waals surface area (Å²) in [5.41, 5.74) is 1.11. The minimum atomic E-state index is -0.0333. The number of carbonyl (C=O) groups excluding carboxylic acids is 1. The van der Waals surface area contributed by atoms with Crippen molar-refractivity contribution in [3.63, 3.8) is 0 Å². The lowest BCUT2D eigenvalue weighted by Crippen LogP contribution is -2.41. The van der Waals surface area contributed by atoms with Crippen LogP contribution in [0.5, 0.6) is 5.75 Å². The molecule has 0 aliphatic carbocycles. The smallest absolute Gasteiger partial charge is 0.216 e. The van der Waals surface area contributed by atoms with Gasteiger partial charge in [-0.2, -0.15) is 0 Å². The summed E-state index contributed by atoms with van der Waals surface area (Å²) < 4.78 is 5.91. The van der Waals surface area contributed by atoms with Gasteiger partial charge in [0.2, 0.25) is 5.91 Å². The molecule has 0 bridgehead atoms. The Morgan fingerprint density at radius 3 is 2.57 bits per heavy atom. The van der Waals surface area contributed by atoms with E-state index in [2.05, 4.69) is 20.9 Å². The molecule has 0 saturated carbocycles. The molecule has 1 amide bonds. The van der Waals surface area contributed by atoms with E-state index < -0.39 is 0 Å². The quantitative estimate of drug-likeness (QED) is 0.385. The highest BCUT2D eigenvalue weighted by Gasteiger charge is 2.06. The number of benzene rings is 1. The van der Waals surface area contributed by atoms with E-state index in [9.17, 15) is 4.79 Å². The molecule has 0 saturated heterocycles. The molecule has 0 aliphatic heterocycles. The van der Waals surface area contributed by atoms with Crippen LogP contribution < -0.4 is 20.7 Å². The Kier molecular flexibility index (Phi) is 8.57. The Labute approximate surface area is 138 Å².